The van der Waals surface area contributed by atoms with E-state index in [-0.39, 0.29) is 10.7 Å². The van der Waals surface area contributed by atoms with E-state index in [0.717, 1.165) is 23.0 Å². The lowest BCUT2D eigenvalue weighted by Crippen LogP contribution is -2.09. The Morgan fingerprint density at radius 3 is 2.67 bits per heavy atom. The van der Waals surface area contributed by atoms with Crippen LogP contribution in [-0.2, 0) is 11.2 Å². The largest absolute Gasteiger partial charge is 0.326 e. The molecule has 0 radical (unpaired) electrons. The Morgan fingerprint density at radius 2 is 1.86 bits per heavy atom. The maximum absolute atomic E-state index is 11.6. The Hall–Kier alpha value is -1.13. The summed E-state index contributed by atoms with van der Waals surface area (Å²) in [5.74, 6) is 0.115. The molecular formula is C17H15Br2NO. The van der Waals surface area contributed by atoms with Gasteiger partial charge in [0.1, 0.15) is 0 Å². The van der Waals surface area contributed by atoms with Gasteiger partial charge in [-0.25, -0.2) is 0 Å². The van der Waals surface area contributed by atoms with Crippen LogP contribution < -0.4 is 5.32 Å². The average Bonchev–Trinajstić information content (AvgIpc) is 2.66. The Kier molecular flexibility index (Phi) is 4.45. The monoisotopic (exact) mass is 407 g/mol. The van der Waals surface area contributed by atoms with E-state index < -0.39 is 0 Å². The molecule has 4 heteroatoms. The van der Waals surface area contributed by atoms with Gasteiger partial charge in [-0.2, -0.15) is 0 Å². The van der Waals surface area contributed by atoms with Gasteiger partial charge >= 0.3 is 0 Å². The van der Waals surface area contributed by atoms with Crippen molar-refractivity contribution in [1.29, 1.82) is 0 Å². The summed E-state index contributed by atoms with van der Waals surface area (Å²) in [5, 5.41) is 2.98. The molecule has 0 saturated heterocycles. The third-order valence-corrected chi connectivity index (χ3v) is 5.24. The van der Waals surface area contributed by atoms with Gasteiger partial charge in [-0.3, -0.25) is 4.79 Å². The van der Waals surface area contributed by atoms with Gasteiger partial charge in [-0.05, 0) is 47.7 Å². The number of hydrogen-bond acceptors (Lipinski definition) is 1. The maximum Gasteiger partial charge on any atom is 0.224 e. The molecule has 1 aliphatic rings. The van der Waals surface area contributed by atoms with Crippen molar-refractivity contribution in [2.45, 2.75) is 24.1 Å². The molecule has 1 amide bonds. The quantitative estimate of drug-likeness (QED) is 0.679. The van der Waals surface area contributed by atoms with E-state index in [0.29, 0.717) is 6.42 Å². The number of carbonyl (C=O) groups excluding carboxylic acids is 1. The number of carbonyl (C=O) groups is 1. The molecule has 0 spiro atoms. The van der Waals surface area contributed by atoms with Gasteiger partial charge < -0.3 is 5.32 Å². The molecular weight excluding hydrogens is 394 g/mol. The second-order valence-corrected chi connectivity index (χ2v) is 7.07. The average molecular weight is 409 g/mol. The molecule has 1 heterocycles. The van der Waals surface area contributed by atoms with Gasteiger partial charge in [0.15, 0.2) is 0 Å². The lowest BCUT2D eigenvalue weighted by molar-refractivity contribution is -0.116. The van der Waals surface area contributed by atoms with Crippen LogP contribution in [0.5, 0.6) is 0 Å². The van der Waals surface area contributed by atoms with Crippen LogP contribution in [0.15, 0.2) is 46.9 Å². The molecule has 0 aliphatic carbocycles. The number of anilines is 1. The summed E-state index contributed by atoms with van der Waals surface area (Å²) in [6.45, 7) is 0. The maximum atomic E-state index is 11.6. The third-order valence-electron chi connectivity index (χ3n) is 3.69. The van der Waals surface area contributed by atoms with Crippen molar-refractivity contribution in [2.75, 3.05) is 5.32 Å². The molecule has 1 aliphatic heterocycles. The highest BCUT2D eigenvalue weighted by atomic mass is 79.9. The van der Waals surface area contributed by atoms with Crippen LogP contribution >= 0.6 is 31.9 Å². The topological polar surface area (TPSA) is 29.1 Å². The molecule has 21 heavy (non-hydrogen) atoms. The SMILES string of the molecule is O=C1CCCc2cc(C(Br)c3cccc(Br)c3)ccc2N1. The number of rotatable bonds is 2. The van der Waals surface area contributed by atoms with Crippen LogP contribution in [0.1, 0.15) is 34.4 Å². The molecule has 2 nitrogen and oxygen atoms in total. The van der Waals surface area contributed by atoms with Crippen LogP contribution in [-0.4, -0.2) is 5.91 Å². The molecule has 2 aromatic rings. The van der Waals surface area contributed by atoms with Crippen molar-refractivity contribution in [3.8, 4) is 0 Å². The summed E-state index contributed by atoms with van der Waals surface area (Å²) in [6, 6.07) is 14.6. The lowest BCUT2D eigenvalue weighted by Gasteiger charge is -2.14. The number of alkyl halides is 1. The van der Waals surface area contributed by atoms with E-state index in [9.17, 15) is 4.79 Å². The fraction of sp³-hybridized carbons (Fsp3) is 0.235. The van der Waals surface area contributed by atoms with E-state index >= 15 is 0 Å². The van der Waals surface area contributed by atoms with Gasteiger partial charge in [0.05, 0.1) is 4.83 Å². The highest BCUT2D eigenvalue weighted by Crippen LogP contribution is 2.34. The Labute approximate surface area is 141 Å². The molecule has 0 saturated carbocycles. The third kappa shape index (κ3) is 3.38. The van der Waals surface area contributed by atoms with Crippen molar-refractivity contribution < 1.29 is 4.79 Å². The number of hydrogen-bond donors (Lipinski definition) is 1. The molecule has 0 fully saturated rings. The van der Waals surface area contributed by atoms with Gasteiger partial charge in [-0.1, -0.05) is 56.1 Å². The zero-order chi connectivity index (χ0) is 14.8. The van der Waals surface area contributed by atoms with Crippen molar-refractivity contribution in [2.24, 2.45) is 0 Å². The predicted molar refractivity (Wildman–Crippen MR) is 92.9 cm³/mol. The molecule has 1 unspecified atom stereocenters. The Bertz CT molecular complexity index is 684. The number of nitrogens with one attached hydrogen (secondary N) is 1. The van der Waals surface area contributed by atoms with Crippen LogP contribution in [0, 0.1) is 0 Å². The number of aryl methyl sites for hydroxylation is 1. The summed E-state index contributed by atoms with van der Waals surface area (Å²) in [6.07, 6.45) is 2.46. The first-order valence-electron chi connectivity index (χ1n) is 6.96. The smallest absolute Gasteiger partial charge is 0.224 e. The normalized spacial score (nSPS) is 15.8. The minimum atomic E-state index is 0.115. The first-order chi connectivity index (χ1) is 10.1. The minimum absolute atomic E-state index is 0.115. The number of benzene rings is 2. The van der Waals surface area contributed by atoms with Gasteiger partial charge in [0, 0.05) is 16.6 Å². The second kappa shape index (κ2) is 6.32. The van der Waals surface area contributed by atoms with Crippen LogP contribution in [0.25, 0.3) is 0 Å². The fourth-order valence-electron chi connectivity index (χ4n) is 2.61. The first kappa shape index (κ1) is 14.8. The summed E-state index contributed by atoms with van der Waals surface area (Å²) in [4.78, 5) is 11.8. The van der Waals surface area contributed by atoms with Crippen molar-refractivity contribution >= 4 is 43.5 Å². The van der Waals surface area contributed by atoms with Crippen molar-refractivity contribution in [3.05, 3.63) is 63.6 Å². The predicted octanol–water partition coefficient (Wildman–Crippen LogP) is 5.21. The van der Waals surface area contributed by atoms with Gasteiger partial charge in [0.2, 0.25) is 5.91 Å². The van der Waals surface area contributed by atoms with E-state index in [4.69, 9.17) is 0 Å². The lowest BCUT2D eigenvalue weighted by atomic mass is 9.99. The second-order valence-electron chi connectivity index (χ2n) is 5.24. The minimum Gasteiger partial charge on any atom is -0.326 e. The molecule has 0 aromatic heterocycles. The van der Waals surface area contributed by atoms with E-state index in [1.807, 2.05) is 18.2 Å². The highest BCUT2D eigenvalue weighted by Gasteiger charge is 2.16. The van der Waals surface area contributed by atoms with Gasteiger partial charge in [0.25, 0.3) is 0 Å². The molecule has 1 N–H and O–H groups in total. The molecule has 108 valence electrons. The molecule has 0 bridgehead atoms. The zero-order valence-electron chi connectivity index (χ0n) is 11.4. The zero-order valence-corrected chi connectivity index (χ0v) is 14.6. The van der Waals surface area contributed by atoms with Crippen molar-refractivity contribution in [1.82, 2.24) is 0 Å². The van der Waals surface area contributed by atoms with Crippen molar-refractivity contribution in [3.63, 3.8) is 0 Å². The van der Waals surface area contributed by atoms with Crippen LogP contribution in [0.2, 0.25) is 0 Å². The fourth-order valence-corrected chi connectivity index (χ4v) is 3.60. The molecule has 2 aromatic carbocycles. The van der Waals surface area contributed by atoms with Gasteiger partial charge in [-0.15, -0.1) is 0 Å². The first-order valence-corrected chi connectivity index (χ1v) is 8.66. The standard InChI is InChI=1S/C17H15Br2NO/c18-14-5-1-4-12(10-14)17(19)13-7-8-15-11(9-13)3-2-6-16(21)20-15/h1,4-5,7-10,17H,2-3,6H2,(H,20,21). The number of fused-ring (bicyclic) bond motifs is 1. The Morgan fingerprint density at radius 1 is 1.05 bits per heavy atom. The Balaban J connectivity index is 1.93. The summed E-state index contributed by atoms with van der Waals surface area (Å²) < 4.78 is 1.08. The number of amides is 1. The molecule has 1 atom stereocenters. The van der Waals surface area contributed by atoms with E-state index in [1.165, 1.54) is 16.7 Å². The van der Waals surface area contributed by atoms with E-state index in [1.54, 1.807) is 0 Å². The summed E-state index contributed by atoms with van der Waals surface area (Å²) in [5.41, 5.74) is 4.60. The number of halogens is 2. The summed E-state index contributed by atoms with van der Waals surface area (Å²) >= 11 is 7.29. The molecule has 3 rings (SSSR count). The van der Waals surface area contributed by atoms with Crippen LogP contribution in [0.4, 0.5) is 5.69 Å². The van der Waals surface area contributed by atoms with E-state index in [2.05, 4.69) is 61.4 Å². The summed E-state index contributed by atoms with van der Waals surface area (Å²) in [7, 11) is 0. The highest BCUT2D eigenvalue weighted by molar-refractivity contribution is 9.10. The van der Waals surface area contributed by atoms with Crippen LogP contribution in [0.3, 0.4) is 0 Å².